The van der Waals surface area contributed by atoms with Gasteiger partial charge >= 0.3 is 0 Å². The summed E-state index contributed by atoms with van der Waals surface area (Å²) >= 11 is 3.31. The summed E-state index contributed by atoms with van der Waals surface area (Å²) in [6.45, 7) is 6.59. The molecule has 28 heavy (non-hydrogen) atoms. The van der Waals surface area contributed by atoms with E-state index in [4.69, 9.17) is 0 Å². The van der Waals surface area contributed by atoms with Gasteiger partial charge in [-0.3, -0.25) is 4.79 Å². The van der Waals surface area contributed by atoms with Crippen LogP contribution in [0.2, 0.25) is 0 Å². The highest BCUT2D eigenvalue weighted by Gasteiger charge is 2.23. The van der Waals surface area contributed by atoms with E-state index in [0.717, 1.165) is 39.9 Å². The van der Waals surface area contributed by atoms with Gasteiger partial charge in [0.25, 0.3) is 0 Å². The Hall–Kier alpha value is -1.92. The SMILES string of the molecule is CC(C)c1ccccc1NC(=O)CSc1ncnc2sc3c(c12)CC[C@H](C)C3. The third-order valence-corrected chi connectivity index (χ3v) is 7.41. The van der Waals surface area contributed by atoms with Gasteiger partial charge in [-0.15, -0.1) is 11.3 Å². The third-order valence-electron chi connectivity index (χ3n) is 5.25. The molecule has 0 radical (unpaired) electrons. The standard InChI is InChI=1S/C22H25N3OS2/c1-13(2)15-6-4-5-7-17(15)25-19(26)11-27-21-20-16-9-8-14(3)10-18(16)28-22(20)24-12-23-21/h4-7,12-14H,8-11H2,1-3H3,(H,25,26)/t14-/m0/s1. The number of thioether (sulfide) groups is 1. The van der Waals surface area contributed by atoms with Gasteiger partial charge in [0.1, 0.15) is 16.2 Å². The molecule has 0 bridgehead atoms. The molecular weight excluding hydrogens is 386 g/mol. The molecule has 0 fully saturated rings. The normalized spacial score (nSPS) is 16.4. The maximum atomic E-state index is 12.6. The number of nitrogens with one attached hydrogen (secondary N) is 1. The molecule has 1 amide bonds. The molecule has 4 rings (SSSR count). The van der Waals surface area contributed by atoms with E-state index >= 15 is 0 Å². The molecule has 0 saturated carbocycles. The van der Waals surface area contributed by atoms with Crippen molar-refractivity contribution in [3.63, 3.8) is 0 Å². The lowest BCUT2D eigenvalue weighted by atomic mass is 9.89. The van der Waals surface area contributed by atoms with E-state index in [-0.39, 0.29) is 5.91 Å². The van der Waals surface area contributed by atoms with Gasteiger partial charge in [0, 0.05) is 16.0 Å². The van der Waals surface area contributed by atoms with Crippen LogP contribution in [0.15, 0.2) is 35.6 Å². The Kier molecular flexibility index (Phi) is 5.69. The number of para-hydroxylation sites is 1. The summed E-state index contributed by atoms with van der Waals surface area (Å²) in [5, 5.41) is 5.18. The lowest BCUT2D eigenvalue weighted by Gasteiger charge is -2.18. The number of fused-ring (bicyclic) bond motifs is 3. The first-order valence-corrected chi connectivity index (χ1v) is 11.6. The van der Waals surface area contributed by atoms with Gasteiger partial charge in [0.15, 0.2) is 0 Å². The number of aryl methyl sites for hydroxylation is 1. The van der Waals surface area contributed by atoms with Gasteiger partial charge < -0.3 is 5.32 Å². The summed E-state index contributed by atoms with van der Waals surface area (Å²) in [6, 6.07) is 8.01. The Morgan fingerprint density at radius 3 is 2.96 bits per heavy atom. The predicted molar refractivity (Wildman–Crippen MR) is 118 cm³/mol. The van der Waals surface area contributed by atoms with Gasteiger partial charge in [-0.1, -0.05) is 50.7 Å². The second-order valence-electron chi connectivity index (χ2n) is 7.79. The summed E-state index contributed by atoms with van der Waals surface area (Å²) in [5.74, 6) is 1.45. The number of amides is 1. The minimum absolute atomic E-state index is 0.00239. The third kappa shape index (κ3) is 3.94. The average molecular weight is 412 g/mol. The number of benzene rings is 1. The molecular formula is C22H25N3OS2. The van der Waals surface area contributed by atoms with E-state index in [2.05, 4.69) is 42.1 Å². The lowest BCUT2D eigenvalue weighted by Crippen LogP contribution is -2.15. The number of anilines is 1. The van der Waals surface area contributed by atoms with Crippen LogP contribution in [0.25, 0.3) is 10.2 Å². The van der Waals surface area contributed by atoms with Crippen LogP contribution in [0.4, 0.5) is 5.69 Å². The van der Waals surface area contributed by atoms with E-state index in [9.17, 15) is 4.79 Å². The minimum Gasteiger partial charge on any atom is -0.325 e. The summed E-state index contributed by atoms with van der Waals surface area (Å²) in [7, 11) is 0. The summed E-state index contributed by atoms with van der Waals surface area (Å²) in [5.41, 5.74) is 3.47. The summed E-state index contributed by atoms with van der Waals surface area (Å²) < 4.78 is 0. The molecule has 2 aromatic heterocycles. The second kappa shape index (κ2) is 8.21. The van der Waals surface area contributed by atoms with Crippen LogP contribution in [-0.4, -0.2) is 21.6 Å². The van der Waals surface area contributed by atoms with Crippen LogP contribution in [0.1, 0.15) is 49.1 Å². The predicted octanol–water partition coefficient (Wildman–Crippen LogP) is 5.67. The second-order valence-corrected chi connectivity index (χ2v) is 9.84. The largest absolute Gasteiger partial charge is 0.325 e. The van der Waals surface area contributed by atoms with Crippen LogP contribution >= 0.6 is 23.1 Å². The Bertz CT molecular complexity index is 1010. The monoisotopic (exact) mass is 411 g/mol. The molecule has 0 unspecified atom stereocenters. The maximum absolute atomic E-state index is 12.6. The summed E-state index contributed by atoms with van der Waals surface area (Å²) in [6.07, 6.45) is 5.06. The van der Waals surface area contributed by atoms with Crippen molar-refractivity contribution in [2.45, 2.75) is 51.0 Å². The Balaban J connectivity index is 1.51. The molecule has 1 N–H and O–H groups in total. The average Bonchev–Trinajstić information content (AvgIpc) is 3.04. The first-order valence-electron chi connectivity index (χ1n) is 9.79. The van der Waals surface area contributed by atoms with Crippen molar-refractivity contribution in [2.75, 3.05) is 11.1 Å². The van der Waals surface area contributed by atoms with Gasteiger partial charge in [-0.2, -0.15) is 0 Å². The van der Waals surface area contributed by atoms with Crippen molar-refractivity contribution >= 4 is 44.9 Å². The molecule has 0 aliphatic heterocycles. The lowest BCUT2D eigenvalue weighted by molar-refractivity contribution is -0.113. The fourth-order valence-corrected chi connectivity index (χ4v) is 6.03. The minimum atomic E-state index is 0.00239. The van der Waals surface area contributed by atoms with E-state index in [1.54, 1.807) is 17.7 Å². The number of hydrogen-bond acceptors (Lipinski definition) is 5. The molecule has 2 heterocycles. The van der Waals surface area contributed by atoms with Crippen LogP contribution in [0.3, 0.4) is 0 Å². The molecule has 1 aromatic carbocycles. The van der Waals surface area contributed by atoms with Crippen LogP contribution < -0.4 is 5.32 Å². The molecule has 1 atom stereocenters. The van der Waals surface area contributed by atoms with Gasteiger partial charge in [0.05, 0.1) is 5.75 Å². The van der Waals surface area contributed by atoms with Crippen molar-refractivity contribution in [1.29, 1.82) is 0 Å². The fraction of sp³-hybridized carbons (Fsp3) is 0.409. The fourth-order valence-electron chi connectivity index (χ4n) is 3.79. The number of thiophene rings is 1. The Labute approximate surface area is 174 Å². The number of carbonyl (C=O) groups is 1. The highest BCUT2D eigenvalue weighted by Crippen LogP contribution is 2.40. The highest BCUT2D eigenvalue weighted by atomic mass is 32.2. The molecule has 0 saturated heterocycles. The summed E-state index contributed by atoms with van der Waals surface area (Å²) in [4.78, 5) is 24.1. The molecule has 0 spiro atoms. The molecule has 1 aliphatic rings. The number of carbonyl (C=O) groups excluding carboxylic acids is 1. The zero-order chi connectivity index (χ0) is 19.7. The van der Waals surface area contributed by atoms with Crippen LogP contribution in [0.5, 0.6) is 0 Å². The van der Waals surface area contributed by atoms with Gasteiger partial charge in [0.2, 0.25) is 5.91 Å². The first kappa shape index (κ1) is 19.4. The highest BCUT2D eigenvalue weighted by molar-refractivity contribution is 8.00. The number of aromatic nitrogens is 2. The van der Waals surface area contributed by atoms with E-state index in [1.807, 2.05) is 18.2 Å². The first-order chi connectivity index (χ1) is 13.5. The molecule has 146 valence electrons. The van der Waals surface area contributed by atoms with Crippen molar-refractivity contribution in [2.24, 2.45) is 5.92 Å². The topological polar surface area (TPSA) is 54.9 Å². The Morgan fingerprint density at radius 2 is 2.14 bits per heavy atom. The van der Waals surface area contributed by atoms with E-state index in [0.29, 0.717) is 11.7 Å². The molecule has 4 nitrogen and oxygen atoms in total. The number of rotatable bonds is 5. The van der Waals surface area contributed by atoms with E-state index < -0.39 is 0 Å². The van der Waals surface area contributed by atoms with Crippen LogP contribution in [-0.2, 0) is 17.6 Å². The number of hydrogen-bond donors (Lipinski definition) is 1. The quantitative estimate of drug-likeness (QED) is 0.434. The van der Waals surface area contributed by atoms with E-state index in [1.165, 1.54) is 34.0 Å². The smallest absolute Gasteiger partial charge is 0.234 e. The van der Waals surface area contributed by atoms with Crippen molar-refractivity contribution in [1.82, 2.24) is 9.97 Å². The van der Waals surface area contributed by atoms with Crippen molar-refractivity contribution in [3.8, 4) is 0 Å². The molecule has 3 aromatic rings. The molecule has 6 heteroatoms. The van der Waals surface area contributed by atoms with Crippen molar-refractivity contribution in [3.05, 3.63) is 46.6 Å². The van der Waals surface area contributed by atoms with Crippen molar-refractivity contribution < 1.29 is 4.79 Å². The zero-order valence-electron chi connectivity index (χ0n) is 16.5. The van der Waals surface area contributed by atoms with Crippen LogP contribution in [0, 0.1) is 5.92 Å². The number of nitrogens with zero attached hydrogens (tertiary/aromatic N) is 2. The molecule has 1 aliphatic carbocycles. The Morgan fingerprint density at radius 1 is 1.32 bits per heavy atom. The zero-order valence-corrected chi connectivity index (χ0v) is 18.1. The van der Waals surface area contributed by atoms with Gasteiger partial charge in [-0.05, 0) is 48.3 Å². The van der Waals surface area contributed by atoms with Gasteiger partial charge in [-0.25, -0.2) is 9.97 Å². The maximum Gasteiger partial charge on any atom is 0.234 e.